The van der Waals surface area contributed by atoms with Gasteiger partial charge in [0.15, 0.2) is 12.1 Å². The Hall–Kier alpha value is -1.80. The van der Waals surface area contributed by atoms with E-state index in [9.17, 15) is 0 Å². The Bertz CT molecular complexity index is 781. The van der Waals surface area contributed by atoms with E-state index in [0.717, 1.165) is 11.1 Å². The van der Waals surface area contributed by atoms with E-state index >= 15 is 0 Å². The minimum Gasteiger partial charge on any atom is -0.368 e. The number of hydrogen-bond acceptors (Lipinski definition) is 6. The van der Waals surface area contributed by atoms with Crippen molar-refractivity contribution < 1.29 is 28.4 Å². The fourth-order valence-electron chi connectivity index (χ4n) is 3.89. The predicted octanol–water partition coefficient (Wildman–Crippen LogP) is 3.68. The molecule has 30 heavy (non-hydrogen) atoms. The maximum atomic E-state index is 6.40. The van der Waals surface area contributed by atoms with Crippen LogP contribution in [-0.2, 0) is 41.6 Å². The molecule has 0 saturated carbocycles. The normalized spacial score (nSPS) is 30.6. The molecule has 5 atom stereocenters. The molecule has 6 nitrogen and oxygen atoms in total. The molecule has 0 bridgehead atoms. The quantitative estimate of drug-likeness (QED) is 0.689. The van der Waals surface area contributed by atoms with E-state index in [1.807, 2.05) is 74.5 Å². The van der Waals surface area contributed by atoms with E-state index in [2.05, 4.69) is 0 Å². The van der Waals surface area contributed by atoms with Crippen molar-refractivity contribution in [1.29, 1.82) is 0 Å². The van der Waals surface area contributed by atoms with Gasteiger partial charge >= 0.3 is 0 Å². The summed E-state index contributed by atoms with van der Waals surface area (Å²) in [4.78, 5) is 0. The number of fused-ring (bicyclic) bond motifs is 1. The van der Waals surface area contributed by atoms with Gasteiger partial charge in [-0.2, -0.15) is 0 Å². The fraction of sp³-hybridized carbons (Fsp3) is 0.500. The highest BCUT2D eigenvalue weighted by Gasteiger charge is 2.52. The molecule has 2 aromatic carbocycles. The van der Waals surface area contributed by atoms with Crippen molar-refractivity contribution in [2.45, 2.75) is 63.6 Å². The molecular formula is C24H30O6. The van der Waals surface area contributed by atoms with Gasteiger partial charge < -0.3 is 28.4 Å². The van der Waals surface area contributed by atoms with Gasteiger partial charge in [0.2, 0.25) is 0 Å². The van der Waals surface area contributed by atoms with Crippen LogP contribution in [0, 0.1) is 0 Å². The molecule has 6 heteroatoms. The third kappa shape index (κ3) is 5.09. The van der Waals surface area contributed by atoms with E-state index in [0.29, 0.717) is 19.8 Å². The molecule has 0 radical (unpaired) electrons. The first-order chi connectivity index (χ1) is 14.6. The molecule has 0 unspecified atom stereocenters. The van der Waals surface area contributed by atoms with Crippen LogP contribution in [-0.4, -0.2) is 50.2 Å². The first kappa shape index (κ1) is 21.4. The minimum atomic E-state index is -0.719. The van der Waals surface area contributed by atoms with Gasteiger partial charge in [-0.25, -0.2) is 0 Å². The van der Waals surface area contributed by atoms with Gasteiger partial charge in [0.05, 0.1) is 19.8 Å². The van der Waals surface area contributed by atoms with Crippen molar-refractivity contribution in [3.63, 3.8) is 0 Å². The first-order valence-corrected chi connectivity index (χ1v) is 10.4. The molecule has 2 aliphatic rings. The number of ether oxygens (including phenoxy) is 6. The Morgan fingerprint density at radius 3 is 2.00 bits per heavy atom. The fourth-order valence-corrected chi connectivity index (χ4v) is 3.89. The highest BCUT2D eigenvalue weighted by atomic mass is 16.8. The molecule has 0 aliphatic carbocycles. The van der Waals surface area contributed by atoms with Crippen LogP contribution in [0.1, 0.15) is 25.0 Å². The molecule has 2 aliphatic heterocycles. The molecular weight excluding hydrogens is 384 g/mol. The van der Waals surface area contributed by atoms with Crippen molar-refractivity contribution in [1.82, 2.24) is 0 Å². The van der Waals surface area contributed by atoms with Crippen molar-refractivity contribution in [3.8, 4) is 0 Å². The van der Waals surface area contributed by atoms with Gasteiger partial charge in [0.1, 0.15) is 24.4 Å². The maximum absolute atomic E-state index is 6.40. The standard InChI is InChI=1S/C24H30O6/c1-24(2)28-16-19-20(30-24)21(26-14-17-10-6-4-7-11-17)22(23(25-3)29-19)27-15-18-12-8-5-9-13-18/h4-13,19-23H,14-16H2,1-3H3/t19-,20-,21+,22-,23+/m1/s1. The Morgan fingerprint density at radius 2 is 1.43 bits per heavy atom. The Labute approximate surface area is 178 Å². The predicted molar refractivity (Wildman–Crippen MR) is 111 cm³/mol. The number of benzene rings is 2. The van der Waals surface area contributed by atoms with Gasteiger partial charge in [-0.05, 0) is 25.0 Å². The zero-order valence-corrected chi connectivity index (χ0v) is 17.7. The van der Waals surface area contributed by atoms with Crippen molar-refractivity contribution in [2.75, 3.05) is 13.7 Å². The molecule has 0 spiro atoms. The highest BCUT2D eigenvalue weighted by Crippen LogP contribution is 2.35. The summed E-state index contributed by atoms with van der Waals surface area (Å²) in [5.41, 5.74) is 2.16. The third-order valence-electron chi connectivity index (χ3n) is 5.41. The van der Waals surface area contributed by atoms with Crippen LogP contribution in [0.3, 0.4) is 0 Å². The van der Waals surface area contributed by atoms with Crippen LogP contribution < -0.4 is 0 Å². The second kappa shape index (κ2) is 9.56. The van der Waals surface area contributed by atoms with Crippen molar-refractivity contribution >= 4 is 0 Å². The maximum Gasteiger partial charge on any atom is 0.186 e. The monoisotopic (exact) mass is 414 g/mol. The third-order valence-corrected chi connectivity index (χ3v) is 5.41. The van der Waals surface area contributed by atoms with Crippen LogP contribution in [0.15, 0.2) is 60.7 Å². The van der Waals surface area contributed by atoms with Crippen LogP contribution in [0.25, 0.3) is 0 Å². The molecule has 2 saturated heterocycles. The molecule has 2 fully saturated rings. The lowest BCUT2D eigenvalue weighted by Gasteiger charge is -2.50. The summed E-state index contributed by atoms with van der Waals surface area (Å²) >= 11 is 0. The van der Waals surface area contributed by atoms with E-state index < -0.39 is 18.2 Å². The summed E-state index contributed by atoms with van der Waals surface area (Å²) in [6.45, 7) is 5.09. The SMILES string of the molecule is CO[C@H]1O[C@@H]2COC(C)(C)O[C@H]2[C@H](OCc2ccccc2)[C@H]1OCc1ccccc1. The summed E-state index contributed by atoms with van der Waals surface area (Å²) in [7, 11) is 1.62. The highest BCUT2D eigenvalue weighted by molar-refractivity contribution is 5.14. The zero-order chi connectivity index (χ0) is 21.0. The van der Waals surface area contributed by atoms with E-state index in [1.54, 1.807) is 7.11 Å². The summed E-state index contributed by atoms with van der Waals surface area (Å²) < 4.78 is 36.5. The zero-order valence-electron chi connectivity index (χ0n) is 17.7. The molecule has 0 amide bonds. The summed E-state index contributed by atoms with van der Waals surface area (Å²) in [5.74, 6) is -0.719. The Morgan fingerprint density at radius 1 is 0.867 bits per heavy atom. The van der Waals surface area contributed by atoms with Crippen LogP contribution in [0.2, 0.25) is 0 Å². The van der Waals surface area contributed by atoms with Crippen molar-refractivity contribution in [2.24, 2.45) is 0 Å². The largest absolute Gasteiger partial charge is 0.368 e. The van der Waals surface area contributed by atoms with Gasteiger partial charge in [-0.3, -0.25) is 0 Å². The molecule has 0 aromatic heterocycles. The van der Waals surface area contributed by atoms with Gasteiger partial charge in [0.25, 0.3) is 0 Å². The summed E-state index contributed by atoms with van der Waals surface area (Å²) in [6, 6.07) is 20.1. The van der Waals surface area contributed by atoms with E-state index in [1.165, 1.54) is 0 Å². The summed E-state index contributed by atoms with van der Waals surface area (Å²) in [6.07, 6.45) is -2.02. The first-order valence-electron chi connectivity index (χ1n) is 10.4. The lowest BCUT2D eigenvalue weighted by Crippen LogP contribution is -2.65. The van der Waals surface area contributed by atoms with Gasteiger partial charge in [0, 0.05) is 7.11 Å². The van der Waals surface area contributed by atoms with Crippen LogP contribution in [0.4, 0.5) is 0 Å². The molecule has 4 rings (SSSR count). The van der Waals surface area contributed by atoms with Crippen LogP contribution in [0.5, 0.6) is 0 Å². The van der Waals surface area contributed by atoms with Gasteiger partial charge in [-0.15, -0.1) is 0 Å². The molecule has 162 valence electrons. The van der Waals surface area contributed by atoms with E-state index in [-0.39, 0.29) is 18.3 Å². The average Bonchev–Trinajstić information content (AvgIpc) is 2.77. The average molecular weight is 414 g/mol. The Kier molecular flexibility index (Phi) is 6.83. The Balaban J connectivity index is 1.55. The molecule has 2 aromatic rings. The smallest absolute Gasteiger partial charge is 0.186 e. The lowest BCUT2D eigenvalue weighted by molar-refractivity contribution is -0.388. The molecule has 2 heterocycles. The van der Waals surface area contributed by atoms with Crippen LogP contribution >= 0.6 is 0 Å². The molecule has 0 N–H and O–H groups in total. The second-order valence-electron chi connectivity index (χ2n) is 8.09. The summed E-state index contributed by atoms with van der Waals surface area (Å²) in [5, 5.41) is 0. The van der Waals surface area contributed by atoms with E-state index in [4.69, 9.17) is 28.4 Å². The van der Waals surface area contributed by atoms with Crippen molar-refractivity contribution in [3.05, 3.63) is 71.8 Å². The number of hydrogen-bond donors (Lipinski definition) is 0. The second-order valence-corrected chi connectivity index (χ2v) is 8.09. The topological polar surface area (TPSA) is 55.4 Å². The minimum absolute atomic E-state index is 0.291. The lowest BCUT2D eigenvalue weighted by atomic mass is 9.96. The van der Waals surface area contributed by atoms with Gasteiger partial charge in [-0.1, -0.05) is 60.7 Å². The number of rotatable bonds is 7. The number of methoxy groups -OCH3 is 1.